The van der Waals surface area contributed by atoms with Gasteiger partial charge in [0.2, 0.25) is 0 Å². The van der Waals surface area contributed by atoms with Gasteiger partial charge in [0.25, 0.3) is 5.91 Å². The average Bonchev–Trinajstić information content (AvgIpc) is 3.13. The van der Waals surface area contributed by atoms with Crippen LogP contribution in [0.15, 0.2) is 40.9 Å². The van der Waals surface area contributed by atoms with E-state index in [1.807, 2.05) is 30.3 Å². The van der Waals surface area contributed by atoms with Crippen molar-refractivity contribution in [2.24, 2.45) is 5.92 Å². The molecule has 0 saturated carbocycles. The molecule has 3 rings (SSSR count). The maximum atomic E-state index is 12.4. The van der Waals surface area contributed by atoms with E-state index in [0.717, 1.165) is 31.9 Å². The normalized spacial score (nSPS) is 16.8. The molecule has 1 atom stereocenters. The number of nitrogens with zero attached hydrogens (tertiary/aromatic N) is 2. The van der Waals surface area contributed by atoms with Gasteiger partial charge in [-0.1, -0.05) is 49.3 Å². The summed E-state index contributed by atoms with van der Waals surface area (Å²) < 4.78 is 10.7. The van der Waals surface area contributed by atoms with Crippen LogP contribution in [-0.4, -0.2) is 54.9 Å². The number of aromatic nitrogens is 1. The molecule has 1 saturated heterocycles. The molecular weight excluding hydrogens is 318 g/mol. The van der Waals surface area contributed by atoms with Crippen LogP contribution < -0.4 is 5.32 Å². The predicted molar refractivity (Wildman–Crippen MR) is 95.3 cm³/mol. The van der Waals surface area contributed by atoms with Gasteiger partial charge in [-0.25, -0.2) is 0 Å². The van der Waals surface area contributed by atoms with Gasteiger partial charge in [-0.3, -0.25) is 9.69 Å². The van der Waals surface area contributed by atoms with Crippen molar-refractivity contribution in [1.82, 2.24) is 15.4 Å². The molecule has 1 aliphatic rings. The quantitative estimate of drug-likeness (QED) is 0.872. The van der Waals surface area contributed by atoms with Gasteiger partial charge in [0.15, 0.2) is 11.5 Å². The number of hydrogen-bond acceptors (Lipinski definition) is 5. The molecule has 6 nitrogen and oxygen atoms in total. The molecule has 0 radical (unpaired) electrons. The Bertz CT molecular complexity index is 678. The molecule has 1 unspecified atom stereocenters. The van der Waals surface area contributed by atoms with Crippen LogP contribution in [-0.2, 0) is 4.74 Å². The van der Waals surface area contributed by atoms with Crippen molar-refractivity contribution in [3.8, 4) is 11.3 Å². The minimum Gasteiger partial charge on any atom is -0.379 e. The summed E-state index contributed by atoms with van der Waals surface area (Å²) in [5, 5.41) is 6.91. The number of morpholine rings is 1. The Balaban J connectivity index is 1.60. The van der Waals surface area contributed by atoms with Gasteiger partial charge in [0.1, 0.15) is 0 Å². The largest absolute Gasteiger partial charge is 0.379 e. The molecule has 25 heavy (non-hydrogen) atoms. The molecule has 1 aromatic carbocycles. The van der Waals surface area contributed by atoms with E-state index < -0.39 is 0 Å². The van der Waals surface area contributed by atoms with Crippen molar-refractivity contribution in [3.05, 3.63) is 42.1 Å². The van der Waals surface area contributed by atoms with Gasteiger partial charge in [-0.2, -0.15) is 0 Å². The van der Waals surface area contributed by atoms with E-state index in [9.17, 15) is 4.79 Å². The Hall–Kier alpha value is -2.18. The first-order chi connectivity index (χ1) is 12.1. The van der Waals surface area contributed by atoms with E-state index in [2.05, 4.69) is 29.2 Å². The van der Waals surface area contributed by atoms with E-state index in [0.29, 0.717) is 23.9 Å². The lowest BCUT2D eigenvalue weighted by atomic mass is 10.0. The first kappa shape index (κ1) is 17.6. The standard InChI is InChI=1S/C19H25N3O3/c1-14(2)17(22-8-10-24-11-9-22)13-20-19(23)16-12-18(25-21-16)15-6-4-3-5-7-15/h3-7,12,14,17H,8-11,13H2,1-2H3,(H,20,23). The summed E-state index contributed by atoms with van der Waals surface area (Å²) in [5.74, 6) is 0.833. The number of rotatable bonds is 6. The number of ether oxygens (including phenoxy) is 1. The topological polar surface area (TPSA) is 67.6 Å². The third-order valence-corrected chi connectivity index (χ3v) is 4.56. The summed E-state index contributed by atoms with van der Waals surface area (Å²) >= 11 is 0. The van der Waals surface area contributed by atoms with Crippen LogP contribution in [0.5, 0.6) is 0 Å². The third kappa shape index (κ3) is 4.46. The number of benzene rings is 1. The van der Waals surface area contributed by atoms with Gasteiger partial charge in [0.05, 0.1) is 13.2 Å². The fraction of sp³-hybridized carbons (Fsp3) is 0.474. The van der Waals surface area contributed by atoms with E-state index in [-0.39, 0.29) is 11.9 Å². The van der Waals surface area contributed by atoms with Gasteiger partial charge >= 0.3 is 0 Å². The lowest BCUT2D eigenvalue weighted by Gasteiger charge is -2.36. The highest BCUT2D eigenvalue weighted by atomic mass is 16.5. The Labute approximate surface area is 148 Å². The van der Waals surface area contributed by atoms with Gasteiger partial charge in [-0.15, -0.1) is 0 Å². The van der Waals surface area contributed by atoms with E-state index in [1.165, 1.54) is 0 Å². The number of carbonyl (C=O) groups is 1. The summed E-state index contributed by atoms with van der Waals surface area (Å²) in [4.78, 5) is 14.8. The van der Waals surface area contributed by atoms with Crippen LogP contribution in [0.2, 0.25) is 0 Å². The van der Waals surface area contributed by atoms with Crippen LogP contribution in [0.3, 0.4) is 0 Å². The molecule has 0 spiro atoms. The summed E-state index contributed by atoms with van der Waals surface area (Å²) in [7, 11) is 0. The van der Waals surface area contributed by atoms with Crippen LogP contribution in [0.1, 0.15) is 24.3 Å². The molecule has 1 aromatic heterocycles. The number of nitrogens with one attached hydrogen (secondary N) is 1. The molecule has 6 heteroatoms. The zero-order valence-electron chi connectivity index (χ0n) is 14.8. The zero-order valence-corrected chi connectivity index (χ0v) is 14.8. The summed E-state index contributed by atoms with van der Waals surface area (Å²) in [5.41, 5.74) is 1.21. The fourth-order valence-corrected chi connectivity index (χ4v) is 3.10. The van der Waals surface area contributed by atoms with Gasteiger partial charge < -0.3 is 14.6 Å². The molecule has 2 aromatic rings. The first-order valence-corrected chi connectivity index (χ1v) is 8.77. The molecular formula is C19H25N3O3. The van der Waals surface area contributed by atoms with Crippen molar-refractivity contribution < 1.29 is 14.1 Å². The van der Waals surface area contributed by atoms with Crippen LogP contribution in [0.25, 0.3) is 11.3 Å². The Morgan fingerprint density at radius 2 is 1.96 bits per heavy atom. The SMILES string of the molecule is CC(C)C(CNC(=O)c1cc(-c2ccccc2)on1)N1CCOCC1. The number of carbonyl (C=O) groups excluding carboxylic acids is 1. The smallest absolute Gasteiger partial charge is 0.273 e. The minimum absolute atomic E-state index is 0.204. The monoisotopic (exact) mass is 343 g/mol. The number of hydrogen-bond donors (Lipinski definition) is 1. The molecule has 0 bridgehead atoms. The van der Waals surface area contributed by atoms with Crippen molar-refractivity contribution in [2.45, 2.75) is 19.9 Å². The van der Waals surface area contributed by atoms with E-state index in [4.69, 9.17) is 9.26 Å². The summed E-state index contributed by atoms with van der Waals surface area (Å²) in [6.45, 7) is 8.25. The molecule has 2 heterocycles. The zero-order chi connectivity index (χ0) is 17.6. The summed E-state index contributed by atoms with van der Waals surface area (Å²) in [6.07, 6.45) is 0. The second-order valence-electron chi connectivity index (χ2n) is 6.61. The number of amides is 1. The lowest BCUT2D eigenvalue weighted by molar-refractivity contribution is 0.00671. The Morgan fingerprint density at radius 3 is 2.64 bits per heavy atom. The highest BCUT2D eigenvalue weighted by Gasteiger charge is 2.25. The second kappa shape index (κ2) is 8.27. The lowest BCUT2D eigenvalue weighted by Crippen LogP contribution is -2.51. The fourth-order valence-electron chi connectivity index (χ4n) is 3.10. The maximum Gasteiger partial charge on any atom is 0.273 e. The maximum absolute atomic E-state index is 12.4. The van der Waals surface area contributed by atoms with Gasteiger partial charge in [0, 0.05) is 37.3 Å². The highest BCUT2D eigenvalue weighted by molar-refractivity contribution is 5.93. The van der Waals surface area contributed by atoms with Crippen LogP contribution >= 0.6 is 0 Å². The second-order valence-corrected chi connectivity index (χ2v) is 6.61. The minimum atomic E-state index is -0.204. The predicted octanol–water partition coefficient (Wildman–Crippen LogP) is 2.43. The molecule has 1 N–H and O–H groups in total. The van der Waals surface area contributed by atoms with E-state index >= 15 is 0 Å². The Morgan fingerprint density at radius 1 is 1.24 bits per heavy atom. The highest BCUT2D eigenvalue weighted by Crippen LogP contribution is 2.19. The molecule has 0 aliphatic carbocycles. The molecule has 1 aliphatic heterocycles. The summed E-state index contributed by atoms with van der Waals surface area (Å²) in [6, 6.07) is 11.6. The molecule has 134 valence electrons. The van der Waals surface area contributed by atoms with Crippen LogP contribution in [0.4, 0.5) is 0 Å². The van der Waals surface area contributed by atoms with Gasteiger partial charge in [-0.05, 0) is 5.92 Å². The average molecular weight is 343 g/mol. The third-order valence-electron chi connectivity index (χ3n) is 4.56. The molecule has 1 fully saturated rings. The Kier molecular flexibility index (Phi) is 5.83. The van der Waals surface area contributed by atoms with E-state index in [1.54, 1.807) is 6.07 Å². The van der Waals surface area contributed by atoms with Crippen molar-refractivity contribution in [1.29, 1.82) is 0 Å². The first-order valence-electron chi connectivity index (χ1n) is 8.77. The van der Waals surface area contributed by atoms with Crippen molar-refractivity contribution >= 4 is 5.91 Å². The van der Waals surface area contributed by atoms with Crippen molar-refractivity contribution in [2.75, 3.05) is 32.8 Å². The molecule has 1 amide bonds. The van der Waals surface area contributed by atoms with Crippen LogP contribution in [0, 0.1) is 5.92 Å². The van der Waals surface area contributed by atoms with Crippen molar-refractivity contribution in [3.63, 3.8) is 0 Å².